The summed E-state index contributed by atoms with van der Waals surface area (Å²) in [5.41, 5.74) is 3.34. The van der Waals surface area contributed by atoms with Crippen LogP contribution in [0.1, 0.15) is 50.7 Å². The molecule has 2 aromatic rings. The van der Waals surface area contributed by atoms with Crippen LogP contribution in [0.15, 0.2) is 24.4 Å². The highest BCUT2D eigenvalue weighted by molar-refractivity contribution is 6.03. The molecule has 2 amide bonds. The average molecular weight is 284 g/mol. The van der Waals surface area contributed by atoms with Crippen molar-refractivity contribution in [1.82, 2.24) is 10.3 Å². The highest BCUT2D eigenvalue weighted by Gasteiger charge is 2.30. The Labute approximate surface area is 123 Å². The number of benzene rings is 1. The Kier molecular flexibility index (Phi) is 3.12. The zero-order chi connectivity index (χ0) is 15.2. The van der Waals surface area contributed by atoms with E-state index in [2.05, 4.69) is 37.1 Å². The number of H-pyrrole nitrogens is 1. The largest absolute Gasteiger partial charge is 0.361 e. The van der Waals surface area contributed by atoms with Crippen LogP contribution in [0.4, 0.5) is 0 Å². The lowest BCUT2D eigenvalue weighted by Gasteiger charge is -2.22. The van der Waals surface area contributed by atoms with Crippen molar-refractivity contribution in [1.29, 1.82) is 0 Å². The number of imide groups is 1. The summed E-state index contributed by atoms with van der Waals surface area (Å²) in [6, 6.07) is 6.19. The van der Waals surface area contributed by atoms with Gasteiger partial charge in [-0.2, -0.15) is 0 Å². The van der Waals surface area contributed by atoms with E-state index in [1.807, 2.05) is 18.3 Å². The van der Waals surface area contributed by atoms with Crippen molar-refractivity contribution >= 4 is 22.7 Å². The molecule has 0 spiro atoms. The molecule has 1 unspecified atom stereocenters. The number of fused-ring (bicyclic) bond motifs is 1. The van der Waals surface area contributed by atoms with Gasteiger partial charge in [0.15, 0.2) is 0 Å². The number of hydrogen-bond acceptors (Lipinski definition) is 2. The Balaban J connectivity index is 2.09. The summed E-state index contributed by atoms with van der Waals surface area (Å²) < 4.78 is 0. The molecule has 1 fully saturated rings. The monoisotopic (exact) mass is 284 g/mol. The van der Waals surface area contributed by atoms with Crippen molar-refractivity contribution in [3.8, 4) is 0 Å². The SMILES string of the molecule is CC(C)(C)c1cccc2c(C3CCC(=O)NC3=O)c[nH]c12. The van der Waals surface area contributed by atoms with Crippen LogP contribution in [0.5, 0.6) is 0 Å². The maximum absolute atomic E-state index is 12.1. The summed E-state index contributed by atoms with van der Waals surface area (Å²) in [6.45, 7) is 6.52. The topological polar surface area (TPSA) is 62.0 Å². The predicted octanol–water partition coefficient (Wildman–Crippen LogP) is 2.99. The Bertz CT molecular complexity index is 722. The molecule has 2 heterocycles. The number of para-hydroxylation sites is 1. The third-order valence-corrected chi connectivity index (χ3v) is 4.17. The Morgan fingerprint density at radius 3 is 2.62 bits per heavy atom. The molecule has 21 heavy (non-hydrogen) atoms. The van der Waals surface area contributed by atoms with E-state index in [0.29, 0.717) is 12.8 Å². The number of amides is 2. The quantitative estimate of drug-likeness (QED) is 0.791. The summed E-state index contributed by atoms with van der Waals surface area (Å²) in [6.07, 6.45) is 2.90. The van der Waals surface area contributed by atoms with Crippen LogP contribution in [0, 0.1) is 0 Å². The van der Waals surface area contributed by atoms with Gasteiger partial charge in [0, 0.05) is 23.5 Å². The normalized spacial score (nSPS) is 19.9. The Morgan fingerprint density at radius 1 is 1.19 bits per heavy atom. The molecule has 0 radical (unpaired) electrons. The molecule has 1 atom stereocenters. The summed E-state index contributed by atoms with van der Waals surface area (Å²) in [7, 11) is 0. The van der Waals surface area contributed by atoms with Gasteiger partial charge >= 0.3 is 0 Å². The summed E-state index contributed by atoms with van der Waals surface area (Å²) in [4.78, 5) is 26.7. The van der Waals surface area contributed by atoms with Crippen LogP contribution in [-0.4, -0.2) is 16.8 Å². The minimum absolute atomic E-state index is 0.0341. The fourth-order valence-corrected chi connectivity index (χ4v) is 3.08. The van der Waals surface area contributed by atoms with E-state index in [1.165, 1.54) is 5.56 Å². The summed E-state index contributed by atoms with van der Waals surface area (Å²) in [5.74, 6) is -0.605. The van der Waals surface area contributed by atoms with Gasteiger partial charge in [-0.3, -0.25) is 14.9 Å². The predicted molar refractivity (Wildman–Crippen MR) is 82.1 cm³/mol. The number of piperidine rings is 1. The molecule has 1 aliphatic rings. The fourth-order valence-electron chi connectivity index (χ4n) is 3.08. The third kappa shape index (κ3) is 2.35. The van der Waals surface area contributed by atoms with Crippen LogP contribution in [-0.2, 0) is 15.0 Å². The van der Waals surface area contributed by atoms with Crippen molar-refractivity contribution in [3.05, 3.63) is 35.5 Å². The second-order valence-electron chi connectivity index (χ2n) is 6.73. The van der Waals surface area contributed by atoms with Crippen molar-refractivity contribution in [2.75, 3.05) is 0 Å². The molecule has 1 aliphatic heterocycles. The van der Waals surface area contributed by atoms with E-state index < -0.39 is 0 Å². The number of rotatable bonds is 1. The van der Waals surface area contributed by atoms with E-state index in [-0.39, 0.29) is 23.1 Å². The maximum Gasteiger partial charge on any atom is 0.234 e. The van der Waals surface area contributed by atoms with Gasteiger partial charge < -0.3 is 4.98 Å². The lowest BCUT2D eigenvalue weighted by Crippen LogP contribution is -2.39. The van der Waals surface area contributed by atoms with Crippen LogP contribution < -0.4 is 5.32 Å². The zero-order valence-electron chi connectivity index (χ0n) is 12.6. The van der Waals surface area contributed by atoms with Crippen LogP contribution >= 0.6 is 0 Å². The highest BCUT2D eigenvalue weighted by atomic mass is 16.2. The van der Waals surface area contributed by atoms with Crippen LogP contribution in [0.3, 0.4) is 0 Å². The first-order chi connectivity index (χ1) is 9.88. The van der Waals surface area contributed by atoms with Gasteiger partial charge in [-0.1, -0.05) is 39.0 Å². The van der Waals surface area contributed by atoms with Gasteiger partial charge in [0.25, 0.3) is 0 Å². The molecule has 2 N–H and O–H groups in total. The fraction of sp³-hybridized carbons (Fsp3) is 0.412. The van der Waals surface area contributed by atoms with E-state index in [4.69, 9.17) is 0 Å². The first kappa shape index (κ1) is 13.9. The van der Waals surface area contributed by atoms with Gasteiger partial charge in [0.1, 0.15) is 0 Å². The van der Waals surface area contributed by atoms with Gasteiger partial charge in [-0.25, -0.2) is 0 Å². The second-order valence-corrected chi connectivity index (χ2v) is 6.73. The van der Waals surface area contributed by atoms with Crippen LogP contribution in [0.2, 0.25) is 0 Å². The minimum atomic E-state index is -0.244. The smallest absolute Gasteiger partial charge is 0.234 e. The first-order valence-electron chi connectivity index (χ1n) is 7.32. The molecule has 0 saturated carbocycles. The van der Waals surface area contributed by atoms with Crippen molar-refractivity contribution in [2.24, 2.45) is 0 Å². The van der Waals surface area contributed by atoms with E-state index in [0.717, 1.165) is 16.5 Å². The van der Waals surface area contributed by atoms with E-state index in [9.17, 15) is 9.59 Å². The first-order valence-corrected chi connectivity index (χ1v) is 7.32. The zero-order valence-corrected chi connectivity index (χ0v) is 12.6. The molecule has 3 rings (SSSR count). The molecule has 0 bridgehead atoms. The number of carbonyl (C=O) groups is 2. The molecule has 4 heteroatoms. The number of aromatic nitrogens is 1. The molecule has 110 valence electrons. The van der Waals surface area contributed by atoms with E-state index >= 15 is 0 Å². The lowest BCUT2D eigenvalue weighted by molar-refractivity contribution is -0.134. The number of nitrogens with one attached hydrogen (secondary N) is 2. The molecule has 0 aliphatic carbocycles. The molecule has 4 nitrogen and oxygen atoms in total. The highest BCUT2D eigenvalue weighted by Crippen LogP contribution is 2.35. The lowest BCUT2D eigenvalue weighted by atomic mass is 9.84. The number of hydrogen-bond donors (Lipinski definition) is 2. The van der Waals surface area contributed by atoms with Gasteiger partial charge in [-0.05, 0) is 23.0 Å². The summed E-state index contributed by atoms with van der Waals surface area (Å²) in [5, 5.41) is 3.52. The maximum atomic E-state index is 12.1. The van der Waals surface area contributed by atoms with Gasteiger partial charge in [-0.15, -0.1) is 0 Å². The molecular weight excluding hydrogens is 264 g/mol. The minimum Gasteiger partial charge on any atom is -0.361 e. The molecule has 1 saturated heterocycles. The molecule has 1 aromatic carbocycles. The number of aromatic amines is 1. The third-order valence-electron chi connectivity index (χ3n) is 4.17. The average Bonchev–Trinajstić information content (AvgIpc) is 2.81. The van der Waals surface area contributed by atoms with E-state index in [1.54, 1.807) is 0 Å². The standard InChI is InChI=1S/C17H20N2O2/c1-17(2,3)13-6-4-5-10-12(9-18-15(10)13)11-7-8-14(20)19-16(11)21/h4-6,9,11,18H,7-8H2,1-3H3,(H,19,20,21). The molecule has 1 aromatic heterocycles. The van der Waals surface area contributed by atoms with Crippen molar-refractivity contribution in [2.45, 2.75) is 44.9 Å². The van der Waals surface area contributed by atoms with Crippen LogP contribution in [0.25, 0.3) is 10.9 Å². The van der Waals surface area contributed by atoms with Crippen molar-refractivity contribution in [3.63, 3.8) is 0 Å². The van der Waals surface area contributed by atoms with Crippen molar-refractivity contribution < 1.29 is 9.59 Å². The summed E-state index contributed by atoms with van der Waals surface area (Å²) >= 11 is 0. The van der Waals surface area contributed by atoms with Gasteiger partial charge in [0.2, 0.25) is 11.8 Å². The second kappa shape index (κ2) is 4.72. The Hall–Kier alpha value is -2.10. The molecular formula is C17H20N2O2. The Morgan fingerprint density at radius 2 is 1.95 bits per heavy atom. The number of carbonyl (C=O) groups excluding carboxylic acids is 2. The van der Waals surface area contributed by atoms with Gasteiger partial charge in [0.05, 0.1) is 5.92 Å².